The highest BCUT2D eigenvalue weighted by atomic mass is 79.9. The van der Waals surface area contributed by atoms with Gasteiger partial charge in [0, 0.05) is 37.2 Å². The van der Waals surface area contributed by atoms with E-state index in [0.717, 1.165) is 11.0 Å². The molecule has 28 heavy (non-hydrogen) atoms. The molecule has 1 amide bonds. The molecule has 1 saturated heterocycles. The second kappa shape index (κ2) is 9.69. The van der Waals surface area contributed by atoms with Crippen LogP contribution in [0.15, 0.2) is 33.6 Å². The van der Waals surface area contributed by atoms with Gasteiger partial charge in [-0.05, 0) is 49.9 Å². The third-order valence-electron chi connectivity index (χ3n) is 5.94. The van der Waals surface area contributed by atoms with E-state index < -0.39 is 10.0 Å². The fourth-order valence-corrected chi connectivity index (χ4v) is 5.72. The van der Waals surface area contributed by atoms with Gasteiger partial charge in [0.1, 0.15) is 0 Å². The number of rotatable bonds is 6. The number of sulfonamides is 1. The Kier molecular flexibility index (Phi) is 7.53. The number of piperazine rings is 1. The van der Waals surface area contributed by atoms with Crippen molar-refractivity contribution in [2.45, 2.75) is 50.0 Å². The monoisotopic (exact) mass is 471 g/mol. The maximum Gasteiger partial charge on any atom is 0.243 e. The summed E-state index contributed by atoms with van der Waals surface area (Å²) in [5.74, 6) is 0.660. The van der Waals surface area contributed by atoms with Crippen molar-refractivity contribution in [3.8, 4) is 0 Å². The summed E-state index contributed by atoms with van der Waals surface area (Å²) >= 11 is 3.33. The van der Waals surface area contributed by atoms with Crippen LogP contribution in [0.2, 0.25) is 0 Å². The second-order valence-corrected chi connectivity index (χ2v) is 10.7. The lowest BCUT2D eigenvalue weighted by atomic mass is 9.89. The predicted molar refractivity (Wildman–Crippen MR) is 114 cm³/mol. The molecular formula is C20H30BrN3O3S. The zero-order valence-corrected chi connectivity index (χ0v) is 18.8. The maximum absolute atomic E-state index is 12.8. The average molecular weight is 472 g/mol. The topological polar surface area (TPSA) is 69.7 Å². The molecule has 8 heteroatoms. The van der Waals surface area contributed by atoms with Crippen molar-refractivity contribution in [2.75, 3.05) is 32.7 Å². The summed E-state index contributed by atoms with van der Waals surface area (Å²) in [5.41, 5.74) is 0. The highest BCUT2D eigenvalue weighted by Crippen LogP contribution is 2.23. The van der Waals surface area contributed by atoms with Crippen molar-refractivity contribution in [2.24, 2.45) is 5.92 Å². The normalized spacial score (nSPS) is 21.4. The Morgan fingerprint density at radius 2 is 1.71 bits per heavy atom. The van der Waals surface area contributed by atoms with Crippen LogP contribution in [0.25, 0.3) is 0 Å². The molecule has 1 atom stereocenters. The molecule has 6 nitrogen and oxygen atoms in total. The first-order valence-corrected chi connectivity index (χ1v) is 12.4. The lowest BCUT2D eigenvalue weighted by Gasteiger charge is -2.37. The lowest BCUT2D eigenvalue weighted by molar-refractivity contribution is -0.126. The van der Waals surface area contributed by atoms with Gasteiger partial charge in [-0.25, -0.2) is 8.42 Å². The van der Waals surface area contributed by atoms with Crippen LogP contribution in [0.1, 0.15) is 39.0 Å². The van der Waals surface area contributed by atoms with Crippen molar-refractivity contribution in [3.63, 3.8) is 0 Å². The molecule has 0 unspecified atom stereocenters. The zero-order chi connectivity index (χ0) is 20.1. The number of benzene rings is 1. The van der Waals surface area contributed by atoms with Gasteiger partial charge in [-0.3, -0.25) is 9.69 Å². The van der Waals surface area contributed by atoms with Gasteiger partial charge in [-0.2, -0.15) is 4.31 Å². The molecule has 0 bridgehead atoms. The van der Waals surface area contributed by atoms with Crippen LogP contribution in [-0.4, -0.2) is 62.3 Å². The van der Waals surface area contributed by atoms with E-state index in [2.05, 4.69) is 26.1 Å². The molecule has 1 aliphatic heterocycles. The molecule has 1 aromatic rings. The van der Waals surface area contributed by atoms with Crippen LogP contribution in [0.3, 0.4) is 0 Å². The van der Waals surface area contributed by atoms with Gasteiger partial charge >= 0.3 is 0 Å². The van der Waals surface area contributed by atoms with Crippen molar-refractivity contribution in [1.29, 1.82) is 0 Å². The van der Waals surface area contributed by atoms with Crippen LogP contribution < -0.4 is 5.32 Å². The number of carbonyl (C=O) groups is 1. The van der Waals surface area contributed by atoms with Crippen LogP contribution in [0.5, 0.6) is 0 Å². The number of amides is 1. The molecule has 1 aromatic carbocycles. The molecule has 1 N–H and O–H groups in total. The Morgan fingerprint density at radius 1 is 1.11 bits per heavy atom. The minimum absolute atomic E-state index is 0.0507. The quantitative estimate of drug-likeness (QED) is 0.692. The van der Waals surface area contributed by atoms with Crippen molar-refractivity contribution >= 4 is 31.9 Å². The summed E-state index contributed by atoms with van der Waals surface area (Å²) in [6, 6.07) is 6.48. The number of nitrogens with zero attached hydrogens (tertiary/aromatic N) is 2. The maximum atomic E-state index is 12.8. The summed E-state index contributed by atoms with van der Waals surface area (Å²) in [6.45, 7) is 4.61. The number of halogens is 1. The number of carbonyl (C=O) groups excluding carboxylic acids is 1. The van der Waals surface area contributed by atoms with Gasteiger partial charge < -0.3 is 5.32 Å². The van der Waals surface area contributed by atoms with Gasteiger partial charge in [-0.1, -0.05) is 35.2 Å². The molecule has 3 rings (SSSR count). The van der Waals surface area contributed by atoms with E-state index in [1.54, 1.807) is 24.3 Å². The van der Waals surface area contributed by atoms with E-state index in [-0.39, 0.29) is 11.9 Å². The highest BCUT2D eigenvalue weighted by molar-refractivity contribution is 9.10. The first-order chi connectivity index (χ1) is 13.4. The largest absolute Gasteiger partial charge is 0.354 e. The first kappa shape index (κ1) is 21.7. The van der Waals surface area contributed by atoms with Gasteiger partial charge in [0.05, 0.1) is 10.9 Å². The average Bonchev–Trinajstić information content (AvgIpc) is 2.72. The number of hydrogen-bond donors (Lipinski definition) is 1. The molecule has 0 radical (unpaired) electrons. The van der Waals surface area contributed by atoms with Crippen molar-refractivity contribution < 1.29 is 13.2 Å². The van der Waals surface area contributed by atoms with Gasteiger partial charge in [0.15, 0.2) is 0 Å². The van der Waals surface area contributed by atoms with Gasteiger partial charge in [-0.15, -0.1) is 0 Å². The van der Waals surface area contributed by atoms with Crippen LogP contribution in [0, 0.1) is 5.92 Å². The van der Waals surface area contributed by atoms with Gasteiger partial charge in [0.25, 0.3) is 0 Å². The Bertz CT molecular complexity index is 755. The third kappa shape index (κ3) is 5.34. The molecule has 156 valence electrons. The summed E-state index contributed by atoms with van der Waals surface area (Å²) in [7, 11) is -3.49. The predicted octanol–water partition coefficient (Wildman–Crippen LogP) is 2.84. The van der Waals surface area contributed by atoms with Crippen LogP contribution >= 0.6 is 15.9 Å². The smallest absolute Gasteiger partial charge is 0.243 e. The third-order valence-corrected chi connectivity index (χ3v) is 8.38. The Balaban J connectivity index is 1.49. The molecular weight excluding hydrogens is 442 g/mol. The second-order valence-electron chi connectivity index (χ2n) is 7.82. The van der Waals surface area contributed by atoms with E-state index in [1.165, 1.54) is 36.4 Å². The summed E-state index contributed by atoms with van der Waals surface area (Å²) in [4.78, 5) is 14.9. The number of hydrogen-bond acceptors (Lipinski definition) is 4. The van der Waals surface area contributed by atoms with Crippen LogP contribution in [0.4, 0.5) is 0 Å². The van der Waals surface area contributed by atoms with Gasteiger partial charge in [0.2, 0.25) is 15.9 Å². The van der Waals surface area contributed by atoms with E-state index in [9.17, 15) is 13.2 Å². The van der Waals surface area contributed by atoms with Crippen molar-refractivity contribution in [1.82, 2.24) is 14.5 Å². The minimum atomic E-state index is -3.49. The van der Waals surface area contributed by atoms with E-state index in [4.69, 9.17) is 0 Å². The minimum Gasteiger partial charge on any atom is -0.354 e. The molecule has 1 aliphatic carbocycles. The molecule has 2 aliphatic rings. The molecule has 0 spiro atoms. The summed E-state index contributed by atoms with van der Waals surface area (Å²) in [5, 5.41) is 3.11. The summed E-state index contributed by atoms with van der Waals surface area (Å²) < 4.78 is 28.0. The molecule has 2 fully saturated rings. The zero-order valence-electron chi connectivity index (χ0n) is 16.4. The lowest BCUT2D eigenvalue weighted by Crippen LogP contribution is -2.55. The number of nitrogens with one attached hydrogen (secondary N) is 1. The SMILES string of the molecule is C[C@H](C(=O)NCC1CCCCC1)N1CCN(S(=O)(=O)c2ccc(Br)cc2)CC1. The first-order valence-electron chi connectivity index (χ1n) is 10.2. The highest BCUT2D eigenvalue weighted by Gasteiger charge is 2.31. The van der Waals surface area contributed by atoms with E-state index >= 15 is 0 Å². The van der Waals surface area contributed by atoms with E-state index in [1.807, 2.05) is 6.92 Å². The Hall–Kier alpha value is -0.960. The fraction of sp³-hybridized carbons (Fsp3) is 0.650. The van der Waals surface area contributed by atoms with Crippen molar-refractivity contribution in [3.05, 3.63) is 28.7 Å². The van der Waals surface area contributed by atoms with E-state index in [0.29, 0.717) is 37.0 Å². The molecule has 1 saturated carbocycles. The standard InChI is InChI=1S/C20H30BrN3O3S/c1-16(20(25)22-15-17-5-3-2-4-6-17)23-11-13-24(14-12-23)28(26,27)19-9-7-18(21)8-10-19/h7-10,16-17H,2-6,11-15H2,1H3,(H,22,25)/t16-/m1/s1. The summed E-state index contributed by atoms with van der Waals surface area (Å²) in [6.07, 6.45) is 6.27. The molecule has 0 aromatic heterocycles. The Morgan fingerprint density at radius 3 is 2.32 bits per heavy atom. The van der Waals surface area contributed by atoms with Crippen LogP contribution in [-0.2, 0) is 14.8 Å². The molecule has 1 heterocycles. The Labute approximate surface area is 176 Å². The fourth-order valence-electron chi connectivity index (χ4n) is 4.04.